The van der Waals surface area contributed by atoms with Gasteiger partial charge in [0.2, 0.25) is 0 Å². The zero-order valence-electron chi connectivity index (χ0n) is 13.0. The monoisotopic (exact) mass is 315 g/mol. The Hall–Kier alpha value is -2.14. The van der Waals surface area contributed by atoms with Gasteiger partial charge in [-0.1, -0.05) is 24.3 Å². The first-order chi connectivity index (χ1) is 11.0. The predicted octanol–water partition coefficient (Wildman–Crippen LogP) is 1.46. The van der Waals surface area contributed by atoms with Crippen LogP contribution in [0.15, 0.2) is 36.4 Å². The topological polar surface area (TPSA) is 75.6 Å². The van der Waals surface area contributed by atoms with E-state index in [1.165, 1.54) is 0 Å². The van der Waals surface area contributed by atoms with Crippen LogP contribution in [0.1, 0.15) is 28.8 Å². The van der Waals surface area contributed by atoms with E-state index < -0.39 is 5.41 Å². The number of hydrogen-bond acceptors (Lipinski definition) is 4. The summed E-state index contributed by atoms with van der Waals surface area (Å²) >= 11 is 0. The summed E-state index contributed by atoms with van der Waals surface area (Å²) in [6.45, 7) is 4.68. The minimum atomic E-state index is -0.474. The van der Waals surface area contributed by atoms with Gasteiger partial charge in [-0.15, -0.1) is 0 Å². The summed E-state index contributed by atoms with van der Waals surface area (Å²) in [6, 6.07) is 7.26. The van der Waals surface area contributed by atoms with Gasteiger partial charge in [0.25, 0.3) is 5.91 Å². The van der Waals surface area contributed by atoms with E-state index >= 15 is 0 Å². The highest BCUT2D eigenvalue weighted by Crippen LogP contribution is 2.52. The van der Waals surface area contributed by atoms with Crippen molar-refractivity contribution in [3.63, 3.8) is 0 Å². The largest absolute Gasteiger partial charge is 0.465 e. The minimum absolute atomic E-state index is 0.0836. The number of amides is 1. The molecule has 0 radical (unpaired) electrons. The molecular formula is C18H21NO4. The highest BCUT2D eigenvalue weighted by molar-refractivity contribution is 5.94. The maximum Gasteiger partial charge on any atom is 0.313 e. The molecule has 2 fully saturated rings. The molecule has 2 N–H and O–H groups in total. The van der Waals surface area contributed by atoms with Crippen molar-refractivity contribution < 1.29 is 19.4 Å². The summed E-state index contributed by atoms with van der Waals surface area (Å²) in [5, 5.41) is 11.3. The number of nitrogens with one attached hydrogen (secondary N) is 1. The Kier molecular flexibility index (Phi) is 4.22. The minimum Gasteiger partial charge on any atom is -0.465 e. The quantitative estimate of drug-likeness (QED) is 0.637. The van der Waals surface area contributed by atoms with Crippen LogP contribution >= 0.6 is 0 Å². The Labute approximate surface area is 135 Å². The predicted molar refractivity (Wildman–Crippen MR) is 84.8 cm³/mol. The Bertz CT molecular complexity index is 637. The average Bonchev–Trinajstić information content (AvgIpc) is 3.01. The Morgan fingerprint density at radius 2 is 2.13 bits per heavy atom. The number of fused-ring (bicyclic) bond motifs is 1. The van der Waals surface area contributed by atoms with Gasteiger partial charge in [0.05, 0.1) is 18.6 Å². The number of aliphatic hydroxyl groups is 1. The lowest BCUT2D eigenvalue weighted by Crippen LogP contribution is -2.31. The molecule has 1 aliphatic heterocycles. The fraction of sp³-hybridized carbons (Fsp3) is 0.444. The number of allylic oxidation sites excluding steroid dienone is 1. The Morgan fingerprint density at radius 3 is 2.83 bits per heavy atom. The molecule has 2 atom stereocenters. The van der Waals surface area contributed by atoms with Crippen LogP contribution < -0.4 is 5.32 Å². The molecule has 3 rings (SSSR count). The molecule has 1 aliphatic carbocycles. The van der Waals surface area contributed by atoms with Crippen molar-refractivity contribution in [2.45, 2.75) is 19.3 Å². The lowest BCUT2D eigenvalue weighted by molar-refractivity contribution is -0.146. The SMILES string of the molecule is C=C1CC2COC(=O)C2(Cc2ccc(C(=O)NCCO)cc2)C1. The smallest absolute Gasteiger partial charge is 0.313 e. The molecule has 1 amide bonds. The molecule has 1 aromatic rings. The molecule has 122 valence electrons. The van der Waals surface area contributed by atoms with Crippen LogP contribution in [0, 0.1) is 11.3 Å². The normalized spacial score (nSPS) is 26.0. The van der Waals surface area contributed by atoms with Crippen LogP contribution in [0.5, 0.6) is 0 Å². The van der Waals surface area contributed by atoms with Gasteiger partial charge in [-0.2, -0.15) is 0 Å². The number of hydrogen-bond donors (Lipinski definition) is 2. The third-order valence-corrected chi connectivity index (χ3v) is 4.84. The summed E-state index contributed by atoms with van der Waals surface area (Å²) in [7, 11) is 0. The number of cyclic esters (lactones) is 1. The zero-order chi connectivity index (χ0) is 16.4. The van der Waals surface area contributed by atoms with Crippen LogP contribution in [0.2, 0.25) is 0 Å². The molecule has 1 aromatic carbocycles. The zero-order valence-corrected chi connectivity index (χ0v) is 13.0. The molecule has 2 aliphatic rings. The molecule has 23 heavy (non-hydrogen) atoms. The van der Waals surface area contributed by atoms with Gasteiger partial charge in [0.15, 0.2) is 0 Å². The fourth-order valence-electron chi connectivity index (χ4n) is 3.67. The van der Waals surface area contributed by atoms with Gasteiger partial charge in [-0.25, -0.2) is 0 Å². The molecular weight excluding hydrogens is 294 g/mol. The van der Waals surface area contributed by atoms with Gasteiger partial charge in [0, 0.05) is 18.0 Å². The van der Waals surface area contributed by atoms with Crippen molar-refractivity contribution in [3.8, 4) is 0 Å². The van der Waals surface area contributed by atoms with E-state index in [2.05, 4.69) is 11.9 Å². The molecule has 0 aromatic heterocycles. The van der Waals surface area contributed by atoms with E-state index in [1.807, 2.05) is 12.1 Å². The second kappa shape index (κ2) is 6.16. The van der Waals surface area contributed by atoms with E-state index in [9.17, 15) is 9.59 Å². The fourth-order valence-corrected chi connectivity index (χ4v) is 3.67. The Morgan fingerprint density at radius 1 is 1.39 bits per heavy atom. The average molecular weight is 315 g/mol. The van der Waals surface area contributed by atoms with Crippen LogP contribution in [-0.2, 0) is 16.0 Å². The first-order valence-electron chi connectivity index (χ1n) is 7.87. The van der Waals surface area contributed by atoms with Gasteiger partial charge in [-0.05, 0) is 37.0 Å². The third kappa shape index (κ3) is 2.88. The highest BCUT2D eigenvalue weighted by Gasteiger charge is 2.55. The van der Waals surface area contributed by atoms with E-state index in [-0.39, 0.29) is 30.9 Å². The molecule has 5 nitrogen and oxygen atoms in total. The van der Waals surface area contributed by atoms with Gasteiger partial charge >= 0.3 is 5.97 Å². The van der Waals surface area contributed by atoms with Crippen molar-refractivity contribution in [2.24, 2.45) is 11.3 Å². The van der Waals surface area contributed by atoms with Gasteiger partial charge < -0.3 is 15.2 Å². The van der Waals surface area contributed by atoms with Crippen LogP contribution in [-0.4, -0.2) is 36.7 Å². The lowest BCUT2D eigenvalue weighted by atomic mass is 9.75. The lowest BCUT2D eigenvalue weighted by Gasteiger charge is -2.24. The van der Waals surface area contributed by atoms with E-state index in [4.69, 9.17) is 9.84 Å². The van der Waals surface area contributed by atoms with Crippen molar-refractivity contribution in [2.75, 3.05) is 19.8 Å². The van der Waals surface area contributed by atoms with E-state index in [1.54, 1.807) is 12.1 Å². The molecule has 0 spiro atoms. The third-order valence-electron chi connectivity index (χ3n) is 4.84. The summed E-state index contributed by atoms with van der Waals surface area (Å²) < 4.78 is 5.28. The number of benzene rings is 1. The van der Waals surface area contributed by atoms with Crippen LogP contribution in [0.4, 0.5) is 0 Å². The maximum atomic E-state index is 12.3. The first-order valence-corrected chi connectivity index (χ1v) is 7.87. The molecule has 1 saturated carbocycles. The summed E-state index contributed by atoms with van der Waals surface area (Å²) in [6.07, 6.45) is 2.16. The van der Waals surface area contributed by atoms with Crippen molar-refractivity contribution in [1.29, 1.82) is 0 Å². The number of aliphatic hydroxyl groups excluding tert-OH is 1. The van der Waals surface area contributed by atoms with E-state index in [0.717, 1.165) is 17.6 Å². The summed E-state index contributed by atoms with van der Waals surface area (Å²) in [5.74, 6) is -0.114. The highest BCUT2D eigenvalue weighted by atomic mass is 16.5. The van der Waals surface area contributed by atoms with Crippen LogP contribution in [0.3, 0.4) is 0 Å². The van der Waals surface area contributed by atoms with Crippen LogP contribution in [0.25, 0.3) is 0 Å². The van der Waals surface area contributed by atoms with Crippen molar-refractivity contribution >= 4 is 11.9 Å². The summed E-state index contributed by atoms with van der Waals surface area (Å²) in [5.41, 5.74) is 2.20. The second-order valence-electron chi connectivity index (χ2n) is 6.44. The number of rotatable bonds is 5. The Balaban J connectivity index is 1.74. The maximum absolute atomic E-state index is 12.3. The standard InChI is InChI=1S/C18H21NO4/c1-12-8-15-11-23-17(22)18(15,9-12)10-13-2-4-14(5-3-13)16(21)19-6-7-20/h2-5,15,20H,1,6-11H2,(H,19,21). The van der Waals surface area contributed by atoms with Gasteiger partial charge in [0.1, 0.15) is 0 Å². The summed E-state index contributed by atoms with van der Waals surface area (Å²) in [4.78, 5) is 24.1. The van der Waals surface area contributed by atoms with E-state index in [0.29, 0.717) is 25.0 Å². The molecule has 2 unspecified atom stereocenters. The molecule has 1 heterocycles. The number of ether oxygens (including phenoxy) is 1. The molecule has 5 heteroatoms. The van der Waals surface area contributed by atoms with Crippen molar-refractivity contribution in [3.05, 3.63) is 47.5 Å². The molecule has 1 saturated heterocycles. The number of esters is 1. The van der Waals surface area contributed by atoms with Gasteiger partial charge in [-0.3, -0.25) is 9.59 Å². The number of carbonyl (C=O) groups excluding carboxylic acids is 2. The second-order valence-corrected chi connectivity index (χ2v) is 6.44. The van der Waals surface area contributed by atoms with Crippen molar-refractivity contribution in [1.82, 2.24) is 5.32 Å². The molecule has 0 bridgehead atoms. The number of carbonyl (C=O) groups is 2. The first kappa shape index (κ1) is 15.7.